The second-order valence-corrected chi connectivity index (χ2v) is 5.08. The normalized spacial score (nSPS) is 10.7. The lowest BCUT2D eigenvalue weighted by atomic mass is 10.2. The second kappa shape index (κ2) is 7.28. The van der Waals surface area contributed by atoms with E-state index in [9.17, 15) is 4.79 Å². The molecule has 120 valence electrons. The van der Waals surface area contributed by atoms with Crippen LogP contribution in [-0.2, 0) is 0 Å². The molecule has 0 aliphatic carbocycles. The summed E-state index contributed by atoms with van der Waals surface area (Å²) >= 11 is 0. The van der Waals surface area contributed by atoms with E-state index in [4.69, 9.17) is 9.15 Å². The Morgan fingerprint density at radius 3 is 2.62 bits per heavy atom. The molecule has 3 rings (SSSR count). The molecule has 0 atom stereocenters. The molecule has 0 aliphatic heterocycles. The number of nitrogens with one attached hydrogen (secondary N) is 1. The quantitative estimate of drug-likeness (QED) is 0.567. The van der Waals surface area contributed by atoms with Gasteiger partial charge in [0.15, 0.2) is 0 Å². The molecule has 5 heteroatoms. The van der Waals surface area contributed by atoms with E-state index in [2.05, 4.69) is 10.5 Å². The summed E-state index contributed by atoms with van der Waals surface area (Å²) < 4.78 is 10.9. The van der Waals surface area contributed by atoms with Crippen LogP contribution in [0.4, 0.5) is 0 Å². The van der Waals surface area contributed by atoms with Crippen molar-refractivity contribution in [3.63, 3.8) is 0 Å². The van der Waals surface area contributed by atoms with Crippen LogP contribution < -0.4 is 10.2 Å². The van der Waals surface area contributed by atoms with Gasteiger partial charge in [0.1, 0.15) is 17.3 Å². The highest BCUT2D eigenvalue weighted by Crippen LogP contribution is 2.21. The van der Waals surface area contributed by atoms with Crippen LogP contribution in [0.5, 0.6) is 11.5 Å². The minimum atomic E-state index is -0.311. The molecule has 0 spiro atoms. The van der Waals surface area contributed by atoms with E-state index < -0.39 is 0 Å². The first kappa shape index (κ1) is 15.6. The Morgan fingerprint density at radius 1 is 1.08 bits per heavy atom. The summed E-state index contributed by atoms with van der Waals surface area (Å²) in [6.45, 7) is 1.73. The predicted octanol–water partition coefficient (Wildman–Crippen LogP) is 4.14. The minimum Gasteiger partial charge on any atom is -0.469 e. The average Bonchev–Trinajstić information content (AvgIpc) is 3.02. The lowest BCUT2D eigenvalue weighted by molar-refractivity contribution is 0.0953. The van der Waals surface area contributed by atoms with Crippen LogP contribution in [0.15, 0.2) is 76.4 Å². The molecule has 0 fully saturated rings. The van der Waals surface area contributed by atoms with Crippen LogP contribution in [0.25, 0.3) is 0 Å². The van der Waals surface area contributed by atoms with Crippen LogP contribution in [0.2, 0.25) is 0 Å². The Bertz CT molecular complexity index is 854. The summed E-state index contributed by atoms with van der Waals surface area (Å²) in [6, 6.07) is 18.6. The highest BCUT2D eigenvalue weighted by Gasteiger charge is 2.09. The maximum absolute atomic E-state index is 11.9. The molecule has 1 amide bonds. The number of aryl methyl sites for hydroxylation is 1. The number of carbonyl (C=O) groups is 1. The smallest absolute Gasteiger partial charge is 0.274 e. The molecule has 0 radical (unpaired) electrons. The van der Waals surface area contributed by atoms with E-state index in [1.807, 2.05) is 54.6 Å². The molecule has 0 saturated carbocycles. The van der Waals surface area contributed by atoms with Gasteiger partial charge in [0.25, 0.3) is 5.91 Å². The zero-order valence-corrected chi connectivity index (χ0v) is 13.1. The summed E-state index contributed by atoms with van der Waals surface area (Å²) in [6.07, 6.45) is 3.03. The molecule has 5 nitrogen and oxygen atoms in total. The third kappa shape index (κ3) is 3.89. The Balaban J connectivity index is 1.64. The van der Waals surface area contributed by atoms with E-state index in [0.717, 1.165) is 11.3 Å². The van der Waals surface area contributed by atoms with Crippen molar-refractivity contribution >= 4 is 12.1 Å². The summed E-state index contributed by atoms with van der Waals surface area (Å²) in [5, 5.41) is 3.97. The lowest BCUT2D eigenvalue weighted by Crippen LogP contribution is -2.17. The maximum atomic E-state index is 11.9. The Kier molecular flexibility index (Phi) is 4.72. The number of hydrogen-bond acceptors (Lipinski definition) is 4. The monoisotopic (exact) mass is 320 g/mol. The number of hydrazone groups is 1. The van der Waals surface area contributed by atoms with Crippen molar-refractivity contribution in [2.45, 2.75) is 6.92 Å². The van der Waals surface area contributed by atoms with Gasteiger partial charge in [-0.3, -0.25) is 4.79 Å². The number of benzene rings is 2. The molecule has 1 N–H and O–H groups in total. The molecule has 0 unspecified atom stereocenters. The third-order valence-electron chi connectivity index (χ3n) is 3.32. The molecule has 3 aromatic rings. The predicted molar refractivity (Wildman–Crippen MR) is 91.5 cm³/mol. The van der Waals surface area contributed by atoms with Gasteiger partial charge in [-0.2, -0.15) is 5.10 Å². The number of furan rings is 1. The second-order valence-electron chi connectivity index (χ2n) is 5.08. The van der Waals surface area contributed by atoms with Gasteiger partial charge in [-0.1, -0.05) is 30.3 Å². The molecular weight excluding hydrogens is 304 g/mol. The fourth-order valence-corrected chi connectivity index (χ4v) is 2.13. The number of hydrogen-bond donors (Lipinski definition) is 1. The molecule has 2 aromatic carbocycles. The molecule has 0 bridgehead atoms. The Hall–Kier alpha value is -3.34. The highest BCUT2D eigenvalue weighted by atomic mass is 16.5. The van der Waals surface area contributed by atoms with Gasteiger partial charge in [0, 0.05) is 0 Å². The van der Waals surface area contributed by atoms with E-state index in [0.29, 0.717) is 17.1 Å². The van der Waals surface area contributed by atoms with Crippen molar-refractivity contribution < 1.29 is 13.9 Å². The minimum absolute atomic E-state index is 0.311. The zero-order valence-electron chi connectivity index (χ0n) is 13.1. The molecule has 0 aliphatic rings. The SMILES string of the molecule is Cc1occc1C(=O)N/N=C\c1cccc(Oc2ccccc2)c1. The van der Waals surface area contributed by atoms with Gasteiger partial charge in [-0.25, -0.2) is 5.43 Å². The summed E-state index contributed by atoms with van der Waals surface area (Å²) in [7, 11) is 0. The van der Waals surface area contributed by atoms with Gasteiger partial charge >= 0.3 is 0 Å². The van der Waals surface area contributed by atoms with E-state index in [-0.39, 0.29) is 5.91 Å². The summed E-state index contributed by atoms with van der Waals surface area (Å²) in [5.41, 5.74) is 3.75. The number of para-hydroxylation sites is 1. The molecular formula is C19H16N2O3. The number of nitrogens with zero attached hydrogens (tertiary/aromatic N) is 1. The Morgan fingerprint density at radius 2 is 1.88 bits per heavy atom. The zero-order chi connectivity index (χ0) is 16.8. The highest BCUT2D eigenvalue weighted by molar-refractivity contribution is 5.95. The van der Waals surface area contributed by atoms with Gasteiger partial charge in [0.05, 0.1) is 18.0 Å². The first-order valence-corrected chi connectivity index (χ1v) is 7.43. The van der Waals surface area contributed by atoms with Crippen LogP contribution in [0.3, 0.4) is 0 Å². The van der Waals surface area contributed by atoms with Gasteiger partial charge in [-0.15, -0.1) is 0 Å². The summed E-state index contributed by atoms with van der Waals surface area (Å²) in [4.78, 5) is 11.9. The lowest BCUT2D eigenvalue weighted by Gasteiger charge is -2.05. The van der Waals surface area contributed by atoms with Crippen molar-refractivity contribution in [1.82, 2.24) is 5.43 Å². The van der Waals surface area contributed by atoms with Crippen LogP contribution in [0, 0.1) is 6.92 Å². The Labute approximate surface area is 139 Å². The molecule has 0 saturated heterocycles. The third-order valence-corrected chi connectivity index (χ3v) is 3.32. The topological polar surface area (TPSA) is 63.8 Å². The maximum Gasteiger partial charge on any atom is 0.274 e. The number of rotatable bonds is 5. The van der Waals surface area contributed by atoms with E-state index >= 15 is 0 Å². The number of ether oxygens (including phenoxy) is 1. The first-order valence-electron chi connectivity index (χ1n) is 7.43. The first-order chi connectivity index (χ1) is 11.7. The van der Waals surface area contributed by atoms with Crippen molar-refractivity contribution in [3.05, 3.63) is 83.8 Å². The fourth-order valence-electron chi connectivity index (χ4n) is 2.13. The largest absolute Gasteiger partial charge is 0.469 e. The summed E-state index contributed by atoms with van der Waals surface area (Å²) in [5.74, 6) is 1.70. The van der Waals surface area contributed by atoms with Gasteiger partial charge in [0.2, 0.25) is 0 Å². The van der Waals surface area contributed by atoms with Gasteiger partial charge in [-0.05, 0) is 42.8 Å². The van der Waals surface area contributed by atoms with Crippen LogP contribution in [-0.4, -0.2) is 12.1 Å². The van der Waals surface area contributed by atoms with E-state index in [1.54, 1.807) is 19.2 Å². The fraction of sp³-hybridized carbons (Fsp3) is 0.0526. The van der Waals surface area contributed by atoms with Crippen LogP contribution in [0.1, 0.15) is 21.7 Å². The van der Waals surface area contributed by atoms with Crippen molar-refractivity contribution in [2.75, 3.05) is 0 Å². The van der Waals surface area contributed by atoms with Gasteiger partial charge < -0.3 is 9.15 Å². The number of carbonyl (C=O) groups excluding carboxylic acids is 1. The van der Waals surface area contributed by atoms with Crippen LogP contribution >= 0.6 is 0 Å². The van der Waals surface area contributed by atoms with Crippen molar-refractivity contribution in [3.8, 4) is 11.5 Å². The van der Waals surface area contributed by atoms with Crippen molar-refractivity contribution in [2.24, 2.45) is 5.10 Å². The molecule has 1 aromatic heterocycles. The molecule has 1 heterocycles. The van der Waals surface area contributed by atoms with E-state index in [1.165, 1.54) is 6.26 Å². The standard InChI is InChI=1S/C19H16N2O3/c1-14-18(10-11-23-14)19(22)21-20-13-15-6-5-9-17(12-15)24-16-7-3-2-4-8-16/h2-13H,1H3,(H,21,22)/b20-13-. The number of amides is 1. The molecule has 24 heavy (non-hydrogen) atoms. The van der Waals surface area contributed by atoms with Crippen molar-refractivity contribution in [1.29, 1.82) is 0 Å². The average molecular weight is 320 g/mol.